The van der Waals surface area contributed by atoms with Crippen molar-refractivity contribution in [1.29, 1.82) is 0 Å². The molecule has 2 N–H and O–H groups in total. The average molecular weight is 301 g/mol. The molecule has 1 aromatic carbocycles. The average Bonchev–Trinajstić information content (AvgIpc) is 2.94. The Kier molecular flexibility index (Phi) is 4.80. The highest BCUT2D eigenvalue weighted by Gasteiger charge is 2.26. The lowest BCUT2D eigenvalue weighted by molar-refractivity contribution is -0.0477. The van der Waals surface area contributed by atoms with E-state index in [1.807, 2.05) is 11.4 Å². The Hall–Kier alpha value is -1.37. The fourth-order valence-electron chi connectivity index (χ4n) is 1.75. The number of nitrogens with one attached hydrogen (secondary N) is 1. The van der Waals surface area contributed by atoms with Crippen LogP contribution in [0.5, 0.6) is 0 Å². The van der Waals surface area contributed by atoms with Crippen molar-refractivity contribution in [3.8, 4) is 10.4 Å². The van der Waals surface area contributed by atoms with Crippen LogP contribution in [0, 0.1) is 5.82 Å². The van der Waals surface area contributed by atoms with Crippen molar-refractivity contribution in [1.82, 2.24) is 5.32 Å². The highest BCUT2D eigenvalue weighted by Crippen LogP contribution is 2.28. The lowest BCUT2D eigenvalue weighted by atomic mass is 10.1. The summed E-state index contributed by atoms with van der Waals surface area (Å²) in [5.41, 5.74) is 1.18. The Bertz CT molecular complexity index is 558. The van der Waals surface area contributed by atoms with Crippen LogP contribution in [-0.2, 0) is 6.54 Å². The van der Waals surface area contributed by atoms with Gasteiger partial charge in [-0.3, -0.25) is 0 Å². The van der Waals surface area contributed by atoms with Crippen LogP contribution in [-0.4, -0.2) is 24.2 Å². The van der Waals surface area contributed by atoms with Crippen molar-refractivity contribution < 1.29 is 18.3 Å². The summed E-state index contributed by atoms with van der Waals surface area (Å²) in [6.07, 6.45) is 0. The zero-order valence-electron chi connectivity index (χ0n) is 10.6. The van der Waals surface area contributed by atoms with Gasteiger partial charge in [0.05, 0.1) is 6.54 Å². The Labute approximate surface area is 118 Å². The summed E-state index contributed by atoms with van der Waals surface area (Å²) in [7, 11) is 0. The van der Waals surface area contributed by atoms with Gasteiger partial charge in [-0.1, -0.05) is 12.1 Å². The lowest BCUT2D eigenvalue weighted by Crippen LogP contribution is -2.35. The number of halogens is 3. The monoisotopic (exact) mass is 301 g/mol. The largest absolute Gasteiger partial charge is 0.390 e. The molecule has 0 atom stereocenters. The van der Waals surface area contributed by atoms with Crippen molar-refractivity contribution in [2.75, 3.05) is 13.2 Å². The van der Waals surface area contributed by atoms with Crippen molar-refractivity contribution in [2.45, 2.75) is 12.5 Å². The minimum atomic E-state index is -3.14. The first-order valence-corrected chi connectivity index (χ1v) is 6.91. The van der Waals surface area contributed by atoms with Gasteiger partial charge in [-0.05, 0) is 29.1 Å². The van der Waals surface area contributed by atoms with E-state index >= 15 is 0 Å². The molecular weight excluding hydrogens is 287 g/mol. The van der Waals surface area contributed by atoms with Gasteiger partial charge < -0.3 is 10.4 Å². The normalized spacial score (nSPS) is 11.8. The number of hydrogen-bond donors (Lipinski definition) is 2. The van der Waals surface area contributed by atoms with Crippen LogP contribution in [0.3, 0.4) is 0 Å². The third-order valence-electron chi connectivity index (χ3n) is 2.76. The quantitative estimate of drug-likeness (QED) is 0.858. The molecule has 0 aliphatic carbocycles. The maximum atomic E-state index is 13.7. The standard InChI is InChI=1S/C14H14F3NOS/c15-12-4-3-10(7-18-8-14(16,17)9-19)6-11(12)13-2-1-5-20-13/h1-6,18-19H,7-9H2. The van der Waals surface area contributed by atoms with Gasteiger partial charge >= 0.3 is 0 Å². The topological polar surface area (TPSA) is 32.3 Å². The third kappa shape index (κ3) is 3.82. The van der Waals surface area contributed by atoms with Crippen molar-refractivity contribution in [3.05, 3.63) is 47.1 Å². The maximum Gasteiger partial charge on any atom is 0.282 e. The molecule has 0 aliphatic heterocycles. The van der Waals surface area contributed by atoms with Gasteiger partial charge in [0.25, 0.3) is 5.92 Å². The molecule has 1 heterocycles. The molecule has 2 nitrogen and oxygen atoms in total. The number of rotatable bonds is 6. The van der Waals surface area contributed by atoms with E-state index in [0.717, 1.165) is 4.88 Å². The van der Waals surface area contributed by atoms with E-state index in [1.54, 1.807) is 18.2 Å². The highest BCUT2D eigenvalue weighted by atomic mass is 32.1. The van der Waals surface area contributed by atoms with Crippen molar-refractivity contribution in [3.63, 3.8) is 0 Å². The number of alkyl halides is 2. The van der Waals surface area contributed by atoms with Gasteiger partial charge in [-0.25, -0.2) is 13.2 Å². The number of aliphatic hydroxyl groups excluding tert-OH is 1. The summed E-state index contributed by atoms with van der Waals surface area (Å²) in [4.78, 5) is 0.796. The summed E-state index contributed by atoms with van der Waals surface area (Å²) in [6, 6.07) is 8.16. The van der Waals surface area contributed by atoms with E-state index in [0.29, 0.717) is 11.1 Å². The second-order valence-corrected chi connectivity index (χ2v) is 5.36. The lowest BCUT2D eigenvalue weighted by Gasteiger charge is -2.14. The molecule has 6 heteroatoms. The molecular formula is C14H14F3NOS. The highest BCUT2D eigenvalue weighted by molar-refractivity contribution is 7.13. The Morgan fingerprint density at radius 3 is 2.70 bits per heavy atom. The van der Waals surface area contributed by atoms with Crippen LogP contribution < -0.4 is 5.32 Å². The van der Waals surface area contributed by atoms with E-state index in [9.17, 15) is 13.2 Å². The van der Waals surface area contributed by atoms with Gasteiger partial charge in [0.1, 0.15) is 12.4 Å². The van der Waals surface area contributed by atoms with Gasteiger partial charge in [0.15, 0.2) is 0 Å². The molecule has 0 radical (unpaired) electrons. The molecule has 0 spiro atoms. The van der Waals surface area contributed by atoms with Crippen LogP contribution in [0.4, 0.5) is 13.2 Å². The summed E-state index contributed by atoms with van der Waals surface area (Å²) < 4.78 is 39.4. The Morgan fingerprint density at radius 2 is 2.05 bits per heavy atom. The molecule has 0 saturated heterocycles. The predicted molar refractivity (Wildman–Crippen MR) is 73.5 cm³/mol. The molecule has 0 unspecified atom stereocenters. The number of thiophene rings is 1. The molecule has 0 bridgehead atoms. The first-order chi connectivity index (χ1) is 9.52. The van der Waals surface area contributed by atoms with Crippen LogP contribution in [0.2, 0.25) is 0 Å². The number of hydrogen-bond acceptors (Lipinski definition) is 3. The second-order valence-electron chi connectivity index (χ2n) is 4.41. The minimum absolute atomic E-state index is 0.189. The number of aliphatic hydroxyl groups is 1. The van der Waals surface area contributed by atoms with Gasteiger partial charge in [0, 0.05) is 17.0 Å². The molecule has 0 saturated carbocycles. The fourth-order valence-corrected chi connectivity index (χ4v) is 2.49. The molecule has 20 heavy (non-hydrogen) atoms. The molecule has 0 aliphatic rings. The molecule has 2 rings (SSSR count). The van der Waals surface area contributed by atoms with E-state index in [1.165, 1.54) is 17.4 Å². The van der Waals surface area contributed by atoms with E-state index in [4.69, 9.17) is 5.11 Å². The third-order valence-corrected chi connectivity index (χ3v) is 3.66. The second kappa shape index (κ2) is 6.39. The Morgan fingerprint density at radius 1 is 1.25 bits per heavy atom. The van der Waals surface area contributed by atoms with E-state index < -0.39 is 19.1 Å². The first-order valence-electron chi connectivity index (χ1n) is 6.03. The molecule has 0 amide bonds. The first kappa shape index (κ1) is 15.0. The van der Waals surface area contributed by atoms with Crippen LogP contribution >= 0.6 is 11.3 Å². The fraction of sp³-hybridized carbons (Fsp3) is 0.286. The molecule has 2 aromatic rings. The van der Waals surface area contributed by atoms with Crippen LogP contribution in [0.1, 0.15) is 5.56 Å². The minimum Gasteiger partial charge on any atom is -0.390 e. The summed E-state index contributed by atoms with van der Waals surface area (Å²) in [5, 5.41) is 12.9. The van der Waals surface area contributed by atoms with Crippen LogP contribution in [0.15, 0.2) is 35.7 Å². The summed E-state index contributed by atoms with van der Waals surface area (Å²) in [5.74, 6) is -3.48. The van der Waals surface area contributed by atoms with Crippen molar-refractivity contribution >= 4 is 11.3 Å². The summed E-state index contributed by atoms with van der Waals surface area (Å²) in [6.45, 7) is -1.62. The molecule has 1 aromatic heterocycles. The van der Waals surface area contributed by atoms with E-state index in [2.05, 4.69) is 5.32 Å². The SMILES string of the molecule is OCC(F)(F)CNCc1ccc(F)c(-c2cccs2)c1. The Balaban J connectivity index is 2.05. The number of benzene rings is 1. The van der Waals surface area contributed by atoms with Gasteiger partial charge in [0.2, 0.25) is 0 Å². The zero-order valence-corrected chi connectivity index (χ0v) is 11.4. The molecule has 108 valence electrons. The van der Waals surface area contributed by atoms with Crippen LogP contribution in [0.25, 0.3) is 10.4 Å². The van der Waals surface area contributed by atoms with Gasteiger partial charge in [-0.15, -0.1) is 11.3 Å². The predicted octanol–water partition coefficient (Wildman–Crippen LogP) is 3.27. The summed E-state index contributed by atoms with van der Waals surface area (Å²) >= 11 is 1.42. The smallest absolute Gasteiger partial charge is 0.282 e. The molecule has 0 fully saturated rings. The van der Waals surface area contributed by atoms with Gasteiger partial charge in [-0.2, -0.15) is 0 Å². The van der Waals surface area contributed by atoms with E-state index in [-0.39, 0.29) is 12.4 Å². The maximum absolute atomic E-state index is 13.7. The van der Waals surface area contributed by atoms with Crippen molar-refractivity contribution in [2.24, 2.45) is 0 Å². The zero-order chi connectivity index (χ0) is 14.6.